The number of hydrogen-bond donors (Lipinski definition) is 2. The van der Waals surface area contributed by atoms with E-state index in [-0.39, 0.29) is 18.4 Å². The summed E-state index contributed by atoms with van der Waals surface area (Å²) in [6.07, 6.45) is 0.0346. The molecule has 110 valence electrons. The standard InChI is InChI=1S/C15H22N2O3/c1-11(2)16-14(18)10-17(3)9-13-6-4-12(5-7-13)8-15(19)20/h4-7,11H,8-10H2,1-3H3,(H,16,18)(H,19,20). The van der Waals surface area contributed by atoms with Gasteiger partial charge in [0.15, 0.2) is 0 Å². The van der Waals surface area contributed by atoms with Crippen molar-refractivity contribution in [3.63, 3.8) is 0 Å². The predicted octanol–water partition coefficient (Wildman–Crippen LogP) is 1.27. The molecule has 1 aromatic rings. The summed E-state index contributed by atoms with van der Waals surface area (Å²) < 4.78 is 0. The Bertz CT molecular complexity index is 455. The van der Waals surface area contributed by atoms with E-state index in [4.69, 9.17) is 5.11 Å². The summed E-state index contributed by atoms with van der Waals surface area (Å²) in [5.41, 5.74) is 1.83. The molecule has 1 rings (SSSR count). The van der Waals surface area contributed by atoms with Crippen LogP contribution in [0.1, 0.15) is 25.0 Å². The third-order valence-corrected chi connectivity index (χ3v) is 2.69. The number of benzene rings is 1. The predicted molar refractivity (Wildman–Crippen MR) is 77.4 cm³/mol. The summed E-state index contributed by atoms with van der Waals surface area (Å²) in [5, 5.41) is 11.5. The van der Waals surface area contributed by atoms with E-state index in [2.05, 4.69) is 5.32 Å². The quantitative estimate of drug-likeness (QED) is 0.788. The highest BCUT2D eigenvalue weighted by atomic mass is 16.4. The first-order chi connectivity index (χ1) is 9.36. The van der Waals surface area contributed by atoms with Gasteiger partial charge in [-0.1, -0.05) is 24.3 Å². The van der Waals surface area contributed by atoms with Crippen molar-refractivity contribution >= 4 is 11.9 Å². The van der Waals surface area contributed by atoms with Gasteiger partial charge in [-0.25, -0.2) is 0 Å². The van der Waals surface area contributed by atoms with Crippen LogP contribution in [0.4, 0.5) is 0 Å². The Morgan fingerprint density at radius 3 is 2.25 bits per heavy atom. The first kappa shape index (κ1) is 16.2. The lowest BCUT2D eigenvalue weighted by Gasteiger charge is -2.17. The van der Waals surface area contributed by atoms with Crippen molar-refractivity contribution in [1.82, 2.24) is 10.2 Å². The molecule has 2 N–H and O–H groups in total. The fourth-order valence-corrected chi connectivity index (χ4v) is 1.92. The van der Waals surface area contributed by atoms with Gasteiger partial charge in [0.1, 0.15) is 0 Å². The van der Waals surface area contributed by atoms with Gasteiger partial charge in [0.05, 0.1) is 13.0 Å². The largest absolute Gasteiger partial charge is 0.481 e. The SMILES string of the molecule is CC(C)NC(=O)CN(C)Cc1ccc(CC(=O)O)cc1. The molecule has 1 aromatic carbocycles. The molecule has 0 bridgehead atoms. The summed E-state index contributed by atoms with van der Waals surface area (Å²) in [6.45, 7) is 4.85. The van der Waals surface area contributed by atoms with Crippen molar-refractivity contribution < 1.29 is 14.7 Å². The van der Waals surface area contributed by atoms with Gasteiger partial charge >= 0.3 is 5.97 Å². The molecule has 0 atom stereocenters. The summed E-state index contributed by atoms with van der Waals surface area (Å²) >= 11 is 0. The number of carboxylic acids is 1. The van der Waals surface area contributed by atoms with Gasteiger partial charge in [0.2, 0.25) is 5.91 Å². The molecule has 0 saturated carbocycles. The first-order valence-electron chi connectivity index (χ1n) is 6.64. The molecule has 0 aliphatic heterocycles. The van der Waals surface area contributed by atoms with Crippen molar-refractivity contribution in [3.8, 4) is 0 Å². The lowest BCUT2D eigenvalue weighted by Crippen LogP contribution is -2.38. The van der Waals surface area contributed by atoms with E-state index in [0.29, 0.717) is 13.1 Å². The Balaban J connectivity index is 2.47. The molecule has 0 aliphatic carbocycles. The van der Waals surface area contributed by atoms with Crippen molar-refractivity contribution in [2.24, 2.45) is 0 Å². The monoisotopic (exact) mass is 278 g/mol. The van der Waals surface area contributed by atoms with Crippen LogP contribution in [0.25, 0.3) is 0 Å². The Kier molecular flexibility index (Phi) is 6.18. The van der Waals surface area contributed by atoms with Gasteiger partial charge in [-0.05, 0) is 32.0 Å². The van der Waals surface area contributed by atoms with Crippen molar-refractivity contribution in [2.75, 3.05) is 13.6 Å². The van der Waals surface area contributed by atoms with Gasteiger partial charge < -0.3 is 10.4 Å². The van der Waals surface area contributed by atoms with Gasteiger partial charge in [-0.2, -0.15) is 0 Å². The summed E-state index contributed by atoms with van der Waals surface area (Å²) in [6, 6.07) is 7.56. The highest BCUT2D eigenvalue weighted by Crippen LogP contribution is 2.07. The van der Waals surface area contributed by atoms with E-state index >= 15 is 0 Å². The van der Waals surface area contributed by atoms with Crippen LogP contribution in [-0.2, 0) is 22.6 Å². The number of likely N-dealkylation sites (N-methyl/N-ethyl adjacent to an activating group) is 1. The molecule has 0 spiro atoms. The Labute approximate surface area is 119 Å². The summed E-state index contributed by atoms with van der Waals surface area (Å²) in [4.78, 5) is 24.1. The van der Waals surface area contributed by atoms with E-state index in [1.807, 2.05) is 50.1 Å². The lowest BCUT2D eigenvalue weighted by molar-refractivity contribution is -0.136. The van der Waals surface area contributed by atoms with Crippen LogP contribution in [0.2, 0.25) is 0 Å². The topological polar surface area (TPSA) is 69.6 Å². The molecule has 0 aliphatic rings. The number of carboxylic acid groups (broad SMARTS) is 1. The fourth-order valence-electron chi connectivity index (χ4n) is 1.92. The highest BCUT2D eigenvalue weighted by molar-refractivity contribution is 5.78. The average Bonchev–Trinajstić information content (AvgIpc) is 2.29. The highest BCUT2D eigenvalue weighted by Gasteiger charge is 2.08. The minimum Gasteiger partial charge on any atom is -0.481 e. The number of nitrogens with zero attached hydrogens (tertiary/aromatic N) is 1. The van der Waals surface area contributed by atoms with E-state index in [9.17, 15) is 9.59 Å². The number of carbonyl (C=O) groups is 2. The fraction of sp³-hybridized carbons (Fsp3) is 0.467. The van der Waals surface area contributed by atoms with Gasteiger partial charge in [0, 0.05) is 12.6 Å². The zero-order valence-electron chi connectivity index (χ0n) is 12.2. The maximum absolute atomic E-state index is 11.6. The molecule has 0 aromatic heterocycles. The molecule has 1 amide bonds. The average molecular weight is 278 g/mol. The van der Waals surface area contributed by atoms with Crippen molar-refractivity contribution in [2.45, 2.75) is 32.9 Å². The number of nitrogens with one attached hydrogen (secondary N) is 1. The second kappa shape index (κ2) is 7.65. The normalized spacial score (nSPS) is 10.8. The van der Waals surface area contributed by atoms with E-state index < -0.39 is 5.97 Å². The van der Waals surface area contributed by atoms with Crippen LogP contribution >= 0.6 is 0 Å². The van der Waals surface area contributed by atoms with Gasteiger partial charge in [-0.15, -0.1) is 0 Å². The van der Waals surface area contributed by atoms with Crippen LogP contribution in [-0.4, -0.2) is 41.5 Å². The van der Waals surface area contributed by atoms with E-state index in [0.717, 1.165) is 11.1 Å². The third-order valence-electron chi connectivity index (χ3n) is 2.69. The van der Waals surface area contributed by atoms with Crippen LogP contribution < -0.4 is 5.32 Å². The van der Waals surface area contributed by atoms with Crippen LogP contribution in [0.15, 0.2) is 24.3 Å². The number of amides is 1. The molecular weight excluding hydrogens is 256 g/mol. The lowest BCUT2D eigenvalue weighted by atomic mass is 10.1. The second-order valence-electron chi connectivity index (χ2n) is 5.28. The molecule has 5 nitrogen and oxygen atoms in total. The first-order valence-corrected chi connectivity index (χ1v) is 6.64. The zero-order valence-corrected chi connectivity index (χ0v) is 12.2. The molecule has 0 saturated heterocycles. The van der Waals surface area contributed by atoms with Crippen molar-refractivity contribution in [1.29, 1.82) is 0 Å². The smallest absolute Gasteiger partial charge is 0.307 e. The second-order valence-corrected chi connectivity index (χ2v) is 5.28. The minimum absolute atomic E-state index is 0.00463. The van der Waals surface area contributed by atoms with Crippen LogP contribution in [0.5, 0.6) is 0 Å². The maximum atomic E-state index is 11.6. The third kappa shape index (κ3) is 6.33. The minimum atomic E-state index is -0.833. The molecule has 20 heavy (non-hydrogen) atoms. The number of hydrogen-bond acceptors (Lipinski definition) is 3. The number of carbonyl (C=O) groups excluding carboxylic acids is 1. The Morgan fingerprint density at radius 1 is 1.20 bits per heavy atom. The maximum Gasteiger partial charge on any atom is 0.307 e. The molecule has 0 radical (unpaired) electrons. The summed E-state index contributed by atoms with van der Waals surface area (Å²) in [7, 11) is 1.88. The Morgan fingerprint density at radius 2 is 1.75 bits per heavy atom. The van der Waals surface area contributed by atoms with Crippen LogP contribution in [0.3, 0.4) is 0 Å². The molecule has 0 heterocycles. The molecular formula is C15H22N2O3. The molecule has 0 unspecified atom stereocenters. The van der Waals surface area contributed by atoms with Crippen molar-refractivity contribution in [3.05, 3.63) is 35.4 Å². The molecule has 5 heteroatoms. The Hall–Kier alpha value is -1.88. The number of rotatable bonds is 7. The van der Waals surface area contributed by atoms with Crippen LogP contribution in [0, 0.1) is 0 Å². The van der Waals surface area contributed by atoms with E-state index in [1.54, 1.807) is 0 Å². The molecule has 0 fully saturated rings. The van der Waals surface area contributed by atoms with E-state index in [1.165, 1.54) is 0 Å². The van der Waals surface area contributed by atoms with Gasteiger partial charge in [0.25, 0.3) is 0 Å². The summed E-state index contributed by atoms with van der Waals surface area (Å²) in [5.74, 6) is -0.828. The number of aliphatic carboxylic acids is 1. The van der Waals surface area contributed by atoms with Gasteiger partial charge in [-0.3, -0.25) is 14.5 Å². The zero-order chi connectivity index (χ0) is 15.1.